The lowest BCUT2D eigenvalue weighted by Crippen LogP contribution is -1.97. The summed E-state index contributed by atoms with van der Waals surface area (Å²) >= 11 is 0. The molecule has 0 saturated carbocycles. The van der Waals surface area contributed by atoms with E-state index in [-0.39, 0.29) is 0 Å². The van der Waals surface area contributed by atoms with Crippen molar-refractivity contribution < 1.29 is 4.74 Å². The molecule has 0 spiro atoms. The predicted molar refractivity (Wildman–Crippen MR) is 92.3 cm³/mol. The molecule has 0 radical (unpaired) electrons. The minimum Gasteiger partial charge on any atom is -0.488 e. The van der Waals surface area contributed by atoms with Gasteiger partial charge in [-0.15, -0.1) is 0 Å². The Hall–Kier alpha value is -3.07. The van der Waals surface area contributed by atoms with Crippen molar-refractivity contribution in [3.63, 3.8) is 0 Å². The minimum atomic E-state index is 0.535. The maximum absolute atomic E-state index is 6.10. The molecule has 0 amide bonds. The van der Waals surface area contributed by atoms with Crippen molar-refractivity contribution in [1.29, 1.82) is 0 Å². The lowest BCUT2D eigenvalue weighted by molar-refractivity contribution is 0.308. The molecule has 0 aliphatic carbocycles. The average molecular weight is 300 g/mol. The summed E-state index contributed by atoms with van der Waals surface area (Å²) in [5.74, 6) is 1.65. The molecule has 0 saturated heterocycles. The van der Waals surface area contributed by atoms with Crippen LogP contribution in [0.4, 0.5) is 0 Å². The van der Waals surface area contributed by atoms with Gasteiger partial charge in [0.25, 0.3) is 0 Å². The summed E-state index contributed by atoms with van der Waals surface area (Å²) in [6.45, 7) is 0.535. The topological polar surface area (TPSA) is 37.9 Å². The fourth-order valence-corrected chi connectivity index (χ4v) is 2.67. The van der Waals surface area contributed by atoms with E-state index in [9.17, 15) is 0 Å². The van der Waals surface area contributed by atoms with Gasteiger partial charge in [0.05, 0.1) is 5.56 Å². The van der Waals surface area contributed by atoms with Gasteiger partial charge < -0.3 is 9.72 Å². The molecule has 1 N–H and O–H groups in total. The Balaban J connectivity index is 1.75. The largest absolute Gasteiger partial charge is 0.488 e. The summed E-state index contributed by atoms with van der Waals surface area (Å²) < 4.78 is 6.10. The highest BCUT2D eigenvalue weighted by Crippen LogP contribution is 2.33. The normalized spacial score (nSPS) is 10.8. The van der Waals surface area contributed by atoms with Gasteiger partial charge in [-0.3, -0.25) is 0 Å². The van der Waals surface area contributed by atoms with Gasteiger partial charge in [-0.2, -0.15) is 0 Å². The zero-order valence-electron chi connectivity index (χ0n) is 12.6. The minimum absolute atomic E-state index is 0.535. The van der Waals surface area contributed by atoms with E-state index in [1.165, 1.54) is 5.39 Å². The first kappa shape index (κ1) is 13.6. The number of benzene rings is 3. The quantitative estimate of drug-likeness (QED) is 0.587. The van der Waals surface area contributed by atoms with Gasteiger partial charge in [-0.05, 0) is 28.5 Å². The first-order chi connectivity index (χ1) is 11.4. The number of aromatic nitrogens is 2. The predicted octanol–water partition coefficient (Wildman–Crippen LogP) is 4.81. The Morgan fingerprint density at radius 1 is 0.870 bits per heavy atom. The fraction of sp³-hybridized carbons (Fsp3) is 0.0500. The number of nitrogens with zero attached hydrogens (tertiary/aromatic N) is 1. The maximum atomic E-state index is 6.10. The number of H-pyrrole nitrogens is 1. The van der Waals surface area contributed by atoms with Gasteiger partial charge in [0.15, 0.2) is 0 Å². The number of imidazole rings is 1. The van der Waals surface area contributed by atoms with Gasteiger partial charge in [0, 0.05) is 12.4 Å². The number of ether oxygens (including phenoxy) is 1. The molecule has 1 heterocycles. The van der Waals surface area contributed by atoms with Crippen molar-refractivity contribution in [2.75, 3.05) is 0 Å². The number of hydrogen-bond donors (Lipinski definition) is 1. The van der Waals surface area contributed by atoms with Crippen LogP contribution in [0.25, 0.3) is 22.2 Å². The third kappa shape index (κ3) is 2.81. The summed E-state index contributed by atoms with van der Waals surface area (Å²) in [7, 11) is 0. The number of hydrogen-bond acceptors (Lipinski definition) is 2. The van der Waals surface area contributed by atoms with Crippen LogP contribution in [-0.4, -0.2) is 9.97 Å². The van der Waals surface area contributed by atoms with Gasteiger partial charge in [0.2, 0.25) is 0 Å². The highest BCUT2D eigenvalue weighted by atomic mass is 16.5. The number of aromatic amines is 1. The second kappa shape index (κ2) is 5.97. The Labute approximate surface area is 134 Å². The van der Waals surface area contributed by atoms with Crippen LogP contribution in [0.15, 0.2) is 79.1 Å². The molecule has 112 valence electrons. The third-order valence-corrected chi connectivity index (χ3v) is 3.84. The molecule has 4 rings (SSSR count). The van der Waals surface area contributed by atoms with Crippen LogP contribution in [0.1, 0.15) is 5.56 Å². The van der Waals surface area contributed by atoms with Gasteiger partial charge in [-0.25, -0.2) is 4.98 Å². The van der Waals surface area contributed by atoms with Crippen molar-refractivity contribution in [3.05, 3.63) is 84.7 Å². The van der Waals surface area contributed by atoms with Gasteiger partial charge in [0.1, 0.15) is 18.2 Å². The van der Waals surface area contributed by atoms with E-state index in [0.717, 1.165) is 28.1 Å². The number of fused-ring (bicyclic) bond motifs is 1. The molecule has 3 aromatic carbocycles. The van der Waals surface area contributed by atoms with E-state index in [1.54, 1.807) is 6.20 Å². The highest BCUT2D eigenvalue weighted by molar-refractivity contribution is 5.89. The van der Waals surface area contributed by atoms with Crippen LogP contribution in [0.3, 0.4) is 0 Å². The molecule has 0 unspecified atom stereocenters. The van der Waals surface area contributed by atoms with Crippen LogP contribution >= 0.6 is 0 Å². The van der Waals surface area contributed by atoms with E-state index in [4.69, 9.17) is 4.74 Å². The van der Waals surface area contributed by atoms with Crippen LogP contribution < -0.4 is 4.74 Å². The molecule has 0 aliphatic rings. The summed E-state index contributed by atoms with van der Waals surface area (Å²) in [5, 5.41) is 2.33. The Kier molecular flexibility index (Phi) is 3.53. The molecular weight excluding hydrogens is 284 g/mol. The van der Waals surface area contributed by atoms with E-state index in [0.29, 0.717) is 6.61 Å². The summed E-state index contributed by atoms with van der Waals surface area (Å²) in [4.78, 5) is 7.54. The Morgan fingerprint density at radius 3 is 2.35 bits per heavy atom. The summed E-state index contributed by atoms with van der Waals surface area (Å²) in [6, 6.07) is 22.6. The van der Waals surface area contributed by atoms with Gasteiger partial charge in [-0.1, -0.05) is 54.6 Å². The molecule has 0 atom stereocenters. The fourth-order valence-electron chi connectivity index (χ4n) is 2.67. The zero-order valence-corrected chi connectivity index (χ0v) is 12.6. The Morgan fingerprint density at radius 2 is 1.61 bits per heavy atom. The van der Waals surface area contributed by atoms with E-state index < -0.39 is 0 Å². The zero-order chi connectivity index (χ0) is 15.5. The number of rotatable bonds is 4. The van der Waals surface area contributed by atoms with Crippen molar-refractivity contribution in [1.82, 2.24) is 9.97 Å². The molecule has 4 aromatic rings. The van der Waals surface area contributed by atoms with E-state index >= 15 is 0 Å². The SMILES string of the molecule is c1ccc(COc2cc3ccccc3cc2-c2ncc[nH]2)cc1. The number of nitrogens with one attached hydrogen (secondary N) is 1. The first-order valence-electron chi connectivity index (χ1n) is 7.59. The van der Waals surface area contributed by atoms with Crippen molar-refractivity contribution in [2.45, 2.75) is 6.61 Å². The van der Waals surface area contributed by atoms with Crippen molar-refractivity contribution in [2.24, 2.45) is 0 Å². The second-order valence-electron chi connectivity index (χ2n) is 5.41. The molecule has 3 heteroatoms. The van der Waals surface area contributed by atoms with Crippen LogP contribution in [0, 0.1) is 0 Å². The van der Waals surface area contributed by atoms with Gasteiger partial charge >= 0.3 is 0 Å². The third-order valence-electron chi connectivity index (χ3n) is 3.84. The lowest BCUT2D eigenvalue weighted by Gasteiger charge is -2.12. The monoisotopic (exact) mass is 300 g/mol. The molecule has 0 aliphatic heterocycles. The Bertz CT molecular complexity index is 915. The smallest absolute Gasteiger partial charge is 0.141 e. The molecule has 3 nitrogen and oxygen atoms in total. The van der Waals surface area contributed by atoms with E-state index in [1.807, 2.05) is 36.5 Å². The highest BCUT2D eigenvalue weighted by Gasteiger charge is 2.11. The molecule has 0 fully saturated rings. The van der Waals surface area contributed by atoms with E-state index in [2.05, 4.69) is 46.4 Å². The lowest BCUT2D eigenvalue weighted by atomic mass is 10.1. The standard InChI is InChI=1S/C20H16N2O/c1-2-6-15(7-3-1)14-23-19-13-17-9-5-4-8-16(17)12-18(19)20-21-10-11-22-20/h1-13H,14H2,(H,21,22). The summed E-state index contributed by atoms with van der Waals surface area (Å²) in [5.41, 5.74) is 2.12. The molecular formula is C20H16N2O. The van der Waals surface area contributed by atoms with Crippen LogP contribution in [0.2, 0.25) is 0 Å². The molecule has 23 heavy (non-hydrogen) atoms. The van der Waals surface area contributed by atoms with Crippen LogP contribution in [-0.2, 0) is 6.61 Å². The summed E-state index contributed by atoms with van der Waals surface area (Å²) in [6.07, 6.45) is 3.58. The first-order valence-corrected chi connectivity index (χ1v) is 7.59. The molecule has 1 aromatic heterocycles. The molecule has 0 bridgehead atoms. The van der Waals surface area contributed by atoms with Crippen molar-refractivity contribution >= 4 is 10.8 Å². The van der Waals surface area contributed by atoms with Crippen LogP contribution in [0.5, 0.6) is 5.75 Å². The second-order valence-corrected chi connectivity index (χ2v) is 5.41. The maximum Gasteiger partial charge on any atom is 0.141 e. The average Bonchev–Trinajstić information content (AvgIpc) is 3.14. The van der Waals surface area contributed by atoms with Crippen molar-refractivity contribution in [3.8, 4) is 17.1 Å².